The number of amides is 2. The van der Waals surface area contributed by atoms with Crippen LogP contribution in [0.1, 0.15) is 69.1 Å². The predicted molar refractivity (Wildman–Crippen MR) is 123 cm³/mol. The Morgan fingerprint density at radius 3 is 2.30 bits per heavy atom. The van der Waals surface area contributed by atoms with Gasteiger partial charge < -0.3 is 11.1 Å². The maximum Gasteiger partial charge on any atom is 0.417 e. The van der Waals surface area contributed by atoms with Crippen LogP contribution < -0.4 is 11.1 Å². The molecule has 4 aliphatic rings. The van der Waals surface area contributed by atoms with E-state index in [4.69, 9.17) is 5.73 Å². The number of hydrogen-bond acceptors (Lipinski definition) is 2. The highest BCUT2D eigenvalue weighted by Crippen LogP contribution is 2.67. The smallest absolute Gasteiger partial charge is 0.369 e. The summed E-state index contributed by atoms with van der Waals surface area (Å²) >= 11 is 0. The van der Waals surface area contributed by atoms with Crippen molar-refractivity contribution >= 4 is 17.4 Å². The number of nitrogens with two attached hydrogens (primary N) is 1. The van der Waals surface area contributed by atoms with Crippen molar-refractivity contribution in [3.05, 3.63) is 41.0 Å². The Morgan fingerprint density at radius 2 is 1.68 bits per heavy atom. The summed E-state index contributed by atoms with van der Waals surface area (Å²) in [6.07, 6.45) is -5.55. The average Bonchev–Trinajstić information content (AvgIpc) is 3.15. The fourth-order valence-electron chi connectivity index (χ4n) is 8.62. The molecule has 5 rings (SSSR count). The average molecular weight is 529 g/mol. The summed E-state index contributed by atoms with van der Waals surface area (Å²) in [4.78, 5) is 24.9. The van der Waals surface area contributed by atoms with E-state index in [0.29, 0.717) is 31.7 Å². The van der Waals surface area contributed by atoms with Gasteiger partial charge >= 0.3 is 12.4 Å². The Morgan fingerprint density at radius 1 is 0.973 bits per heavy atom. The highest BCUT2D eigenvalue weighted by molar-refractivity contribution is 5.99. The molecule has 0 spiro atoms. The molecule has 3 fully saturated rings. The van der Waals surface area contributed by atoms with E-state index >= 15 is 0 Å². The number of halogens is 6. The van der Waals surface area contributed by atoms with Crippen molar-refractivity contribution in [3.8, 4) is 0 Å². The van der Waals surface area contributed by atoms with E-state index in [9.17, 15) is 35.9 Å². The van der Waals surface area contributed by atoms with E-state index < -0.39 is 46.4 Å². The molecule has 0 aromatic heterocycles. The molecule has 1 heterocycles. The summed E-state index contributed by atoms with van der Waals surface area (Å²) in [5, 5.41) is 2.90. The zero-order valence-corrected chi connectivity index (χ0v) is 20.6. The summed E-state index contributed by atoms with van der Waals surface area (Å²) in [6, 6.07) is 1.97. The molecule has 1 aromatic carbocycles. The summed E-state index contributed by atoms with van der Waals surface area (Å²) < 4.78 is 84.0. The predicted octanol–water partition coefficient (Wildman–Crippen LogP) is 5.95. The van der Waals surface area contributed by atoms with Crippen LogP contribution in [0.3, 0.4) is 0 Å². The zero-order valence-electron chi connectivity index (χ0n) is 20.6. The topological polar surface area (TPSA) is 72.2 Å². The van der Waals surface area contributed by atoms with Crippen molar-refractivity contribution in [2.75, 3.05) is 0 Å². The van der Waals surface area contributed by atoms with E-state index in [1.807, 2.05) is 0 Å². The van der Waals surface area contributed by atoms with Gasteiger partial charge in [0, 0.05) is 23.5 Å². The normalized spacial score (nSPS) is 37.7. The van der Waals surface area contributed by atoms with Crippen molar-refractivity contribution < 1.29 is 35.9 Å². The number of primary amides is 1. The summed E-state index contributed by atoms with van der Waals surface area (Å²) in [7, 11) is 0. The van der Waals surface area contributed by atoms with Crippen LogP contribution in [-0.4, -0.2) is 17.9 Å². The van der Waals surface area contributed by atoms with Crippen molar-refractivity contribution in [1.29, 1.82) is 0 Å². The molecule has 37 heavy (non-hydrogen) atoms. The molecule has 3 aliphatic carbocycles. The fraction of sp³-hybridized carbons (Fsp3) is 0.630. The van der Waals surface area contributed by atoms with Gasteiger partial charge in [0.15, 0.2) is 0 Å². The molecule has 2 amide bonds. The molecule has 0 radical (unpaired) electrons. The van der Waals surface area contributed by atoms with Crippen molar-refractivity contribution in [2.45, 2.75) is 70.8 Å². The standard InChI is InChI=1S/C27H30F6N2O2/c1-24-11-10-16-13(15(24)7-8-18(24)23(34)37)6-9-20-25(16,2)19(12-21(36)35-20)14-4-3-5-17(26(28,29)30)22(14)27(31,32)33/h3-5,12-13,15-16,18,20H,6-11H2,1-2H3,(H2,34,37)(H,35,36)/t13-,15-,16-,18+,20+,24-,25-/m0/s1. The van der Waals surface area contributed by atoms with Crippen LogP contribution in [0.2, 0.25) is 0 Å². The fourth-order valence-corrected chi connectivity index (χ4v) is 8.62. The largest absolute Gasteiger partial charge is 0.417 e. The number of alkyl halides is 6. The van der Waals surface area contributed by atoms with Crippen LogP contribution in [0.4, 0.5) is 26.3 Å². The van der Waals surface area contributed by atoms with E-state index in [0.717, 1.165) is 31.1 Å². The van der Waals surface area contributed by atoms with Crippen LogP contribution in [0, 0.1) is 34.5 Å². The summed E-state index contributed by atoms with van der Waals surface area (Å²) in [5.41, 5.74) is 0.323. The third-order valence-electron chi connectivity index (χ3n) is 10.2. The third kappa shape index (κ3) is 3.80. The van der Waals surface area contributed by atoms with Gasteiger partial charge in [-0.25, -0.2) is 0 Å². The molecule has 1 aromatic rings. The highest BCUT2D eigenvalue weighted by atomic mass is 19.4. The summed E-state index contributed by atoms with van der Waals surface area (Å²) in [6.45, 7) is 3.86. The van der Waals surface area contributed by atoms with Gasteiger partial charge in [-0.3, -0.25) is 9.59 Å². The lowest BCUT2D eigenvalue weighted by atomic mass is 9.46. The number of hydrogen-bond donors (Lipinski definition) is 2. The second kappa shape index (κ2) is 8.24. The first kappa shape index (κ1) is 26.1. The van der Waals surface area contributed by atoms with E-state index in [1.165, 1.54) is 0 Å². The van der Waals surface area contributed by atoms with E-state index in [1.54, 1.807) is 6.92 Å². The molecule has 4 nitrogen and oxygen atoms in total. The molecule has 3 saturated carbocycles. The van der Waals surface area contributed by atoms with Crippen LogP contribution >= 0.6 is 0 Å². The van der Waals surface area contributed by atoms with Crippen molar-refractivity contribution in [3.63, 3.8) is 0 Å². The minimum Gasteiger partial charge on any atom is -0.369 e. The first-order valence-electron chi connectivity index (χ1n) is 12.7. The highest BCUT2D eigenvalue weighted by Gasteiger charge is 2.62. The molecule has 10 heteroatoms. The molecule has 202 valence electrons. The lowest BCUT2D eigenvalue weighted by molar-refractivity contribution is -0.162. The van der Waals surface area contributed by atoms with Gasteiger partial charge in [-0.1, -0.05) is 26.0 Å². The number of benzene rings is 1. The van der Waals surface area contributed by atoms with Crippen LogP contribution in [0.5, 0.6) is 0 Å². The minimum absolute atomic E-state index is 0.0161. The molecular formula is C27H30F6N2O2. The van der Waals surface area contributed by atoms with Gasteiger partial charge in [0.25, 0.3) is 0 Å². The van der Waals surface area contributed by atoms with Gasteiger partial charge in [0.1, 0.15) is 0 Å². The Kier molecular flexibility index (Phi) is 5.81. The second-order valence-corrected chi connectivity index (χ2v) is 11.7. The Labute approximate surface area is 211 Å². The number of fused-ring (bicyclic) bond motifs is 5. The first-order valence-corrected chi connectivity index (χ1v) is 12.7. The van der Waals surface area contributed by atoms with Crippen LogP contribution in [0.25, 0.3) is 5.57 Å². The van der Waals surface area contributed by atoms with Gasteiger partial charge in [0.2, 0.25) is 11.8 Å². The molecule has 3 N–H and O–H groups in total. The Balaban J connectivity index is 1.66. The second-order valence-electron chi connectivity index (χ2n) is 11.7. The maximum absolute atomic E-state index is 14.2. The van der Waals surface area contributed by atoms with Gasteiger partial charge in [-0.05, 0) is 78.9 Å². The maximum atomic E-state index is 14.2. The number of carbonyl (C=O) groups is 2. The quantitative estimate of drug-likeness (QED) is 0.466. The van der Waals surface area contributed by atoms with Crippen molar-refractivity contribution in [2.24, 2.45) is 40.2 Å². The zero-order chi connectivity index (χ0) is 27.1. The third-order valence-corrected chi connectivity index (χ3v) is 10.2. The number of nitrogens with one attached hydrogen (secondary N) is 1. The lowest BCUT2D eigenvalue weighted by Crippen LogP contribution is -2.61. The lowest BCUT2D eigenvalue weighted by Gasteiger charge is -2.60. The van der Waals surface area contributed by atoms with E-state index in [-0.39, 0.29) is 40.6 Å². The van der Waals surface area contributed by atoms with E-state index in [2.05, 4.69) is 12.2 Å². The summed E-state index contributed by atoms with van der Waals surface area (Å²) in [5.74, 6) is -1.19. The SMILES string of the molecule is C[C@]12CC[C@H]3[C@@H](CC[C@H]4NC(=O)C=C(c5cccc(C(F)(F)F)c5C(F)(F)F)[C@@]43C)[C@@H]1CC[C@@H]2C(N)=O. The molecule has 1 aliphatic heterocycles. The van der Waals surface area contributed by atoms with Crippen LogP contribution in [0.15, 0.2) is 24.3 Å². The Hall–Kier alpha value is -2.52. The minimum atomic E-state index is -5.28. The molecular weight excluding hydrogens is 498 g/mol. The van der Waals surface area contributed by atoms with Crippen molar-refractivity contribution in [1.82, 2.24) is 5.32 Å². The molecule has 0 bridgehead atoms. The Bertz CT molecular complexity index is 1170. The first-order chi connectivity index (χ1) is 17.1. The number of carbonyl (C=O) groups excluding carboxylic acids is 2. The van der Waals surface area contributed by atoms with Gasteiger partial charge in [-0.2, -0.15) is 26.3 Å². The van der Waals surface area contributed by atoms with Gasteiger partial charge in [0.05, 0.1) is 11.1 Å². The monoisotopic (exact) mass is 528 g/mol. The molecule has 7 atom stereocenters. The van der Waals surface area contributed by atoms with Crippen LogP contribution in [-0.2, 0) is 21.9 Å². The number of rotatable bonds is 2. The molecule has 0 saturated heterocycles. The molecule has 0 unspecified atom stereocenters. The van der Waals surface area contributed by atoms with Gasteiger partial charge in [-0.15, -0.1) is 0 Å².